The molecule has 0 unspecified atom stereocenters. The van der Waals surface area contributed by atoms with Gasteiger partial charge in [-0.25, -0.2) is 16.8 Å². The van der Waals surface area contributed by atoms with Crippen molar-refractivity contribution in [2.75, 3.05) is 29.3 Å². The van der Waals surface area contributed by atoms with Crippen LogP contribution in [0.4, 0.5) is 11.4 Å². The molecule has 1 fully saturated rings. The molecule has 1 N–H and O–H groups in total. The predicted molar refractivity (Wildman–Crippen MR) is 145 cm³/mol. The summed E-state index contributed by atoms with van der Waals surface area (Å²) >= 11 is 5.92. The summed E-state index contributed by atoms with van der Waals surface area (Å²) in [6.45, 7) is 2.34. The van der Waals surface area contributed by atoms with Crippen molar-refractivity contribution in [2.45, 2.75) is 36.0 Å². The Labute approximate surface area is 223 Å². The molecule has 1 aliphatic heterocycles. The van der Waals surface area contributed by atoms with Gasteiger partial charge in [0.05, 0.1) is 15.5 Å². The lowest BCUT2D eigenvalue weighted by Gasteiger charge is -2.26. The van der Waals surface area contributed by atoms with Crippen LogP contribution in [0.15, 0.2) is 82.6 Å². The van der Waals surface area contributed by atoms with Gasteiger partial charge in [-0.2, -0.15) is 4.31 Å². The number of hydrogen-bond donors (Lipinski definition) is 1. The number of nitrogens with one attached hydrogen (secondary N) is 1. The van der Waals surface area contributed by atoms with E-state index in [4.69, 9.17) is 11.6 Å². The first-order valence-corrected chi connectivity index (χ1v) is 15.1. The van der Waals surface area contributed by atoms with E-state index >= 15 is 0 Å². The van der Waals surface area contributed by atoms with Gasteiger partial charge in [0.25, 0.3) is 10.0 Å². The normalized spacial score (nSPS) is 14.8. The second kappa shape index (κ2) is 11.2. The van der Waals surface area contributed by atoms with Gasteiger partial charge in [-0.15, -0.1) is 0 Å². The third-order valence-electron chi connectivity index (χ3n) is 6.07. The van der Waals surface area contributed by atoms with Gasteiger partial charge in [0.1, 0.15) is 6.54 Å². The Balaban J connectivity index is 1.54. The maximum absolute atomic E-state index is 13.5. The fraction of sp³-hybridized carbons (Fsp3) is 0.269. The monoisotopic (exact) mass is 561 g/mol. The summed E-state index contributed by atoms with van der Waals surface area (Å²) in [4.78, 5) is 13.1. The van der Waals surface area contributed by atoms with Crippen LogP contribution in [0.5, 0.6) is 0 Å². The molecule has 0 bridgehead atoms. The van der Waals surface area contributed by atoms with Crippen molar-refractivity contribution in [1.82, 2.24) is 4.31 Å². The highest BCUT2D eigenvalue weighted by atomic mass is 35.5. The summed E-state index contributed by atoms with van der Waals surface area (Å²) in [6.07, 6.45) is 2.69. The molecule has 1 heterocycles. The molecule has 37 heavy (non-hydrogen) atoms. The third-order valence-corrected chi connectivity index (χ3v) is 10.0. The lowest BCUT2D eigenvalue weighted by Crippen LogP contribution is -2.38. The number of carbonyl (C=O) groups excluding carboxylic acids is 1. The zero-order valence-corrected chi connectivity index (χ0v) is 22.7. The van der Waals surface area contributed by atoms with Gasteiger partial charge in [-0.3, -0.25) is 9.10 Å². The summed E-state index contributed by atoms with van der Waals surface area (Å²) in [6, 6.07) is 18.5. The van der Waals surface area contributed by atoms with Gasteiger partial charge in [-0.1, -0.05) is 30.2 Å². The van der Waals surface area contributed by atoms with E-state index in [1.807, 2.05) is 13.0 Å². The van der Waals surface area contributed by atoms with Gasteiger partial charge in [0, 0.05) is 23.8 Å². The number of amides is 1. The highest BCUT2D eigenvalue weighted by Crippen LogP contribution is 2.26. The highest BCUT2D eigenvalue weighted by molar-refractivity contribution is 7.92. The number of carbonyl (C=O) groups is 1. The van der Waals surface area contributed by atoms with Crippen LogP contribution in [0, 0.1) is 6.92 Å². The van der Waals surface area contributed by atoms with E-state index in [1.54, 1.807) is 18.2 Å². The molecule has 3 aromatic rings. The van der Waals surface area contributed by atoms with Crippen molar-refractivity contribution < 1.29 is 21.6 Å². The molecule has 0 aliphatic carbocycles. The fourth-order valence-corrected chi connectivity index (χ4v) is 7.18. The van der Waals surface area contributed by atoms with Crippen molar-refractivity contribution in [3.05, 3.63) is 83.4 Å². The molecule has 1 saturated heterocycles. The Morgan fingerprint density at radius 2 is 1.51 bits per heavy atom. The van der Waals surface area contributed by atoms with Crippen LogP contribution in [0.3, 0.4) is 0 Å². The van der Waals surface area contributed by atoms with Gasteiger partial charge < -0.3 is 5.32 Å². The minimum atomic E-state index is -4.08. The topological polar surface area (TPSA) is 104 Å². The number of anilines is 2. The summed E-state index contributed by atoms with van der Waals surface area (Å²) in [5.74, 6) is -0.578. The number of halogens is 1. The third kappa shape index (κ3) is 6.32. The number of nitrogens with zero attached hydrogens (tertiary/aromatic N) is 2. The number of sulfonamides is 2. The molecule has 196 valence electrons. The van der Waals surface area contributed by atoms with Crippen molar-refractivity contribution in [3.8, 4) is 0 Å². The maximum atomic E-state index is 13.5. The Hall–Kier alpha value is -2.92. The lowest BCUT2D eigenvalue weighted by molar-refractivity contribution is -0.114. The zero-order valence-electron chi connectivity index (χ0n) is 20.3. The standard InChI is InChI=1S/C26H28ClN3O5S2/c1-20-6-5-7-23(18-20)30(37(34,35)25-12-8-21(27)9-13-25)19-26(31)28-22-10-14-24(15-11-22)36(32,33)29-16-3-2-4-17-29/h5-15,18H,2-4,16-17,19H2,1H3,(H,28,31). The Bertz CT molecular complexity index is 1470. The van der Waals surface area contributed by atoms with Gasteiger partial charge in [0.2, 0.25) is 15.9 Å². The van der Waals surface area contributed by atoms with E-state index in [2.05, 4.69) is 5.32 Å². The minimum Gasteiger partial charge on any atom is -0.325 e. The molecule has 3 aromatic carbocycles. The van der Waals surface area contributed by atoms with Crippen LogP contribution >= 0.6 is 11.6 Å². The molecule has 8 nitrogen and oxygen atoms in total. The maximum Gasteiger partial charge on any atom is 0.264 e. The summed E-state index contributed by atoms with van der Waals surface area (Å²) in [5, 5.41) is 3.07. The van der Waals surface area contributed by atoms with Gasteiger partial charge >= 0.3 is 0 Å². The summed E-state index contributed by atoms with van der Waals surface area (Å²) in [5.41, 5.74) is 1.53. The number of piperidine rings is 1. The van der Waals surface area contributed by atoms with Gasteiger partial charge in [-0.05, 0) is 86.0 Å². The second-order valence-electron chi connectivity index (χ2n) is 8.84. The second-order valence-corrected chi connectivity index (χ2v) is 13.1. The highest BCUT2D eigenvalue weighted by Gasteiger charge is 2.28. The summed E-state index contributed by atoms with van der Waals surface area (Å²) in [7, 11) is -7.68. The molecule has 0 spiro atoms. The van der Waals surface area contributed by atoms with E-state index in [1.165, 1.54) is 52.8 Å². The van der Waals surface area contributed by atoms with Crippen molar-refractivity contribution >= 4 is 48.9 Å². The van der Waals surface area contributed by atoms with E-state index in [0.717, 1.165) is 29.1 Å². The van der Waals surface area contributed by atoms with Crippen LogP contribution in [0.1, 0.15) is 24.8 Å². The first-order chi connectivity index (χ1) is 17.6. The Morgan fingerprint density at radius 1 is 0.892 bits per heavy atom. The molecule has 11 heteroatoms. The molecular formula is C26H28ClN3O5S2. The molecule has 4 rings (SSSR count). The number of hydrogen-bond acceptors (Lipinski definition) is 5. The van der Waals surface area contributed by atoms with E-state index < -0.39 is 32.5 Å². The van der Waals surface area contributed by atoms with Crippen LogP contribution < -0.4 is 9.62 Å². The number of rotatable bonds is 8. The largest absolute Gasteiger partial charge is 0.325 e. The number of benzene rings is 3. The zero-order chi connectivity index (χ0) is 26.6. The average molecular weight is 562 g/mol. The van der Waals surface area contributed by atoms with E-state index in [0.29, 0.717) is 29.5 Å². The fourth-order valence-electron chi connectivity index (χ4n) is 4.13. The van der Waals surface area contributed by atoms with Crippen molar-refractivity contribution in [1.29, 1.82) is 0 Å². The smallest absolute Gasteiger partial charge is 0.264 e. The minimum absolute atomic E-state index is 0.00141. The molecule has 0 aromatic heterocycles. The van der Waals surface area contributed by atoms with Crippen LogP contribution in [-0.2, 0) is 24.8 Å². The molecule has 1 aliphatic rings. The van der Waals surface area contributed by atoms with E-state index in [9.17, 15) is 21.6 Å². The number of aryl methyl sites for hydroxylation is 1. The molecule has 0 saturated carbocycles. The SMILES string of the molecule is Cc1cccc(N(CC(=O)Nc2ccc(S(=O)(=O)N3CCCCC3)cc2)S(=O)(=O)c2ccc(Cl)cc2)c1. The van der Waals surface area contributed by atoms with Crippen molar-refractivity contribution in [3.63, 3.8) is 0 Å². The van der Waals surface area contributed by atoms with Crippen LogP contribution in [0.25, 0.3) is 0 Å². The molecule has 0 radical (unpaired) electrons. The van der Waals surface area contributed by atoms with Crippen LogP contribution in [-0.4, -0.2) is 46.7 Å². The average Bonchev–Trinajstić information content (AvgIpc) is 2.88. The first kappa shape index (κ1) is 27.1. The van der Waals surface area contributed by atoms with Crippen LogP contribution in [0.2, 0.25) is 5.02 Å². The first-order valence-electron chi connectivity index (χ1n) is 11.8. The van der Waals surface area contributed by atoms with Crippen molar-refractivity contribution in [2.24, 2.45) is 0 Å². The Morgan fingerprint density at radius 3 is 2.14 bits per heavy atom. The summed E-state index contributed by atoms with van der Waals surface area (Å²) < 4.78 is 55.2. The predicted octanol–water partition coefficient (Wildman–Crippen LogP) is 4.66. The van der Waals surface area contributed by atoms with E-state index in [-0.39, 0.29) is 9.79 Å². The molecule has 1 amide bonds. The molecule has 0 atom stereocenters. The Kier molecular flexibility index (Phi) is 8.23. The van der Waals surface area contributed by atoms with Gasteiger partial charge in [0.15, 0.2) is 0 Å². The lowest BCUT2D eigenvalue weighted by atomic mass is 10.2. The quantitative estimate of drug-likeness (QED) is 0.431. The molecular weight excluding hydrogens is 534 g/mol.